The number of aromatic nitrogens is 3. The first-order chi connectivity index (χ1) is 10.8. The van der Waals surface area contributed by atoms with Crippen molar-refractivity contribution in [1.29, 1.82) is 0 Å². The molecule has 0 atom stereocenters. The van der Waals surface area contributed by atoms with Crippen molar-refractivity contribution in [2.75, 3.05) is 0 Å². The summed E-state index contributed by atoms with van der Waals surface area (Å²) in [4.78, 5) is 12.9. The van der Waals surface area contributed by atoms with Crippen molar-refractivity contribution >= 4 is 5.96 Å². The average Bonchev–Trinajstić information content (AvgIpc) is 3.08. The van der Waals surface area contributed by atoms with Gasteiger partial charge in [0, 0.05) is 30.2 Å². The fourth-order valence-electron chi connectivity index (χ4n) is 2.84. The third kappa shape index (κ3) is 3.63. The molecule has 0 unspecified atom stereocenters. The van der Waals surface area contributed by atoms with Crippen LogP contribution < -0.4 is 11.1 Å². The minimum atomic E-state index is 0.472. The Morgan fingerprint density at radius 3 is 2.95 bits per heavy atom. The Hall–Kier alpha value is -2.37. The minimum absolute atomic E-state index is 0.472. The molecule has 1 aliphatic carbocycles. The highest BCUT2D eigenvalue weighted by atomic mass is 15.1. The van der Waals surface area contributed by atoms with Crippen molar-refractivity contribution in [3.63, 3.8) is 0 Å². The van der Waals surface area contributed by atoms with Gasteiger partial charge in [0.15, 0.2) is 5.96 Å². The van der Waals surface area contributed by atoms with Crippen molar-refractivity contribution in [1.82, 2.24) is 19.9 Å². The van der Waals surface area contributed by atoms with Crippen LogP contribution >= 0.6 is 0 Å². The molecule has 0 aromatic carbocycles. The topological polar surface area (TPSA) is 81.1 Å². The van der Waals surface area contributed by atoms with Gasteiger partial charge in [-0.25, -0.2) is 15.0 Å². The molecule has 0 amide bonds. The molecule has 0 spiro atoms. The molecule has 1 aliphatic rings. The van der Waals surface area contributed by atoms with Gasteiger partial charge in [0.2, 0.25) is 0 Å². The first kappa shape index (κ1) is 14.6. The van der Waals surface area contributed by atoms with Crippen LogP contribution in [0.25, 0.3) is 5.82 Å². The van der Waals surface area contributed by atoms with E-state index in [0.717, 1.165) is 11.4 Å². The van der Waals surface area contributed by atoms with E-state index in [1.165, 1.54) is 32.1 Å². The highest BCUT2D eigenvalue weighted by Crippen LogP contribution is 2.17. The van der Waals surface area contributed by atoms with Crippen LogP contribution in [0, 0.1) is 0 Å². The molecule has 2 aromatic heterocycles. The van der Waals surface area contributed by atoms with E-state index in [1.807, 2.05) is 22.9 Å². The van der Waals surface area contributed by atoms with Gasteiger partial charge in [-0.05, 0) is 18.9 Å². The standard InChI is InChI=1S/C16H22N6/c17-16(21-14-6-2-1-3-7-14)20-11-13-5-4-8-19-15(13)22-10-9-18-12-22/h4-5,8-10,12,14H,1-3,6-7,11H2,(H3,17,20,21). The fraction of sp³-hybridized carbons (Fsp3) is 0.438. The quantitative estimate of drug-likeness (QED) is 0.668. The first-order valence-corrected chi connectivity index (χ1v) is 7.81. The maximum Gasteiger partial charge on any atom is 0.189 e. The van der Waals surface area contributed by atoms with Gasteiger partial charge < -0.3 is 11.1 Å². The number of aliphatic imine (C=N–C) groups is 1. The van der Waals surface area contributed by atoms with E-state index >= 15 is 0 Å². The van der Waals surface area contributed by atoms with Crippen LogP contribution in [0.2, 0.25) is 0 Å². The minimum Gasteiger partial charge on any atom is -0.370 e. The third-order valence-corrected chi connectivity index (χ3v) is 3.99. The van der Waals surface area contributed by atoms with Crippen molar-refractivity contribution in [3.05, 3.63) is 42.6 Å². The molecule has 2 heterocycles. The van der Waals surface area contributed by atoms with Crippen molar-refractivity contribution in [2.24, 2.45) is 10.7 Å². The van der Waals surface area contributed by atoms with E-state index < -0.39 is 0 Å². The second-order valence-electron chi connectivity index (χ2n) is 5.64. The number of nitrogens with zero attached hydrogens (tertiary/aromatic N) is 4. The van der Waals surface area contributed by atoms with Gasteiger partial charge in [-0.1, -0.05) is 25.3 Å². The highest BCUT2D eigenvalue weighted by molar-refractivity contribution is 5.78. The SMILES string of the molecule is NC(=NCc1cccnc1-n1ccnc1)NC1CCCCC1. The largest absolute Gasteiger partial charge is 0.370 e. The van der Waals surface area contributed by atoms with Crippen molar-refractivity contribution in [2.45, 2.75) is 44.7 Å². The van der Waals surface area contributed by atoms with Crippen LogP contribution in [0.4, 0.5) is 0 Å². The van der Waals surface area contributed by atoms with Crippen molar-refractivity contribution in [3.8, 4) is 5.82 Å². The molecule has 0 bridgehead atoms. The van der Waals surface area contributed by atoms with Gasteiger partial charge in [0.1, 0.15) is 12.1 Å². The lowest BCUT2D eigenvalue weighted by molar-refractivity contribution is 0.412. The van der Waals surface area contributed by atoms with Gasteiger partial charge in [-0.2, -0.15) is 0 Å². The van der Waals surface area contributed by atoms with Crippen LogP contribution in [0.3, 0.4) is 0 Å². The molecular weight excluding hydrogens is 276 g/mol. The first-order valence-electron chi connectivity index (χ1n) is 7.81. The van der Waals surface area contributed by atoms with Gasteiger partial charge in [0.25, 0.3) is 0 Å². The van der Waals surface area contributed by atoms with E-state index in [9.17, 15) is 0 Å². The number of pyridine rings is 1. The Labute approximate surface area is 130 Å². The zero-order valence-electron chi connectivity index (χ0n) is 12.7. The predicted molar refractivity (Wildman–Crippen MR) is 86.7 cm³/mol. The summed E-state index contributed by atoms with van der Waals surface area (Å²) >= 11 is 0. The lowest BCUT2D eigenvalue weighted by atomic mass is 9.96. The highest BCUT2D eigenvalue weighted by Gasteiger charge is 2.13. The van der Waals surface area contributed by atoms with Crippen LogP contribution in [0.1, 0.15) is 37.7 Å². The number of rotatable bonds is 4. The van der Waals surface area contributed by atoms with E-state index in [-0.39, 0.29) is 0 Å². The van der Waals surface area contributed by atoms with Gasteiger partial charge in [-0.3, -0.25) is 4.57 Å². The lowest BCUT2D eigenvalue weighted by Gasteiger charge is -2.23. The molecule has 3 rings (SSSR count). The second kappa shape index (κ2) is 7.06. The van der Waals surface area contributed by atoms with E-state index in [1.54, 1.807) is 18.7 Å². The predicted octanol–water partition coefficient (Wildman–Crippen LogP) is 2.00. The number of hydrogen-bond acceptors (Lipinski definition) is 3. The monoisotopic (exact) mass is 298 g/mol. The Morgan fingerprint density at radius 2 is 2.18 bits per heavy atom. The summed E-state index contributed by atoms with van der Waals surface area (Å²) in [6.07, 6.45) is 13.4. The number of guanidine groups is 1. The molecule has 116 valence electrons. The molecule has 0 aliphatic heterocycles. The van der Waals surface area contributed by atoms with Crippen LogP contribution in [-0.2, 0) is 6.54 Å². The smallest absolute Gasteiger partial charge is 0.189 e. The number of nitrogens with two attached hydrogens (primary N) is 1. The zero-order chi connectivity index (χ0) is 15.2. The molecule has 6 nitrogen and oxygen atoms in total. The van der Waals surface area contributed by atoms with Crippen LogP contribution in [0.5, 0.6) is 0 Å². The summed E-state index contributed by atoms with van der Waals surface area (Å²) in [6, 6.07) is 4.40. The Balaban J connectivity index is 1.66. The molecule has 6 heteroatoms. The normalized spacial score (nSPS) is 16.6. The number of nitrogens with one attached hydrogen (secondary N) is 1. The maximum atomic E-state index is 6.02. The van der Waals surface area contributed by atoms with Gasteiger partial charge in [0.05, 0.1) is 6.54 Å². The molecule has 3 N–H and O–H groups in total. The van der Waals surface area contributed by atoms with Gasteiger partial charge in [-0.15, -0.1) is 0 Å². The summed E-state index contributed by atoms with van der Waals surface area (Å²) < 4.78 is 1.88. The fourth-order valence-corrected chi connectivity index (χ4v) is 2.84. The Bertz CT molecular complexity index is 613. The zero-order valence-corrected chi connectivity index (χ0v) is 12.7. The molecule has 0 saturated heterocycles. The molecule has 1 saturated carbocycles. The summed E-state index contributed by atoms with van der Waals surface area (Å²) in [6.45, 7) is 0.507. The number of hydrogen-bond donors (Lipinski definition) is 2. The van der Waals surface area contributed by atoms with E-state index in [0.29, 0.717) is 18.5 Å². The number of imidazole rings is 1. The Kier molecular flexibility index (Phi) is 4.68. The maximum absolute atomic E-state index is 6.02. The van der Waals surface area contributed by atoms with Crippen LogP contribution in [0.15, 0.2) is 42.0 Å². The second-order valence-corrected chi connectivity index (χ2v) is 5.64. The summed E-state index contributed by atoms with van der Waals surface area (Å²) in [7, 11) is 0. The molecule has 22 heavy (non-hydrogen) atoms. The average molecular weight is 298 g/mol. The molecule has 2 aromatic rings. The van der Waals surface area contributed by atoms with Crippen molar-refractivity contribution < 1.29 is 0 Å². The summed E-state index contributed by atoms with van der Waals surface area (Å²) in [5, 5.41) is 3.33. The molecule has 0 radical (unpaired) electrons. The van der Waals surface area contributed by atoms with Gasteiger partial charge >= 0.3 is 0 Å². The molecule has 1 fully saturated rings. The summed E-state index contributed by atoms with van der Waals surface area (Å²) in [5.74, 6) is 1.36. The third-order valence-electron chi connectivity index (χ3n) is 3.99. The summed E-state index contributed by atoms with van der Waals surface area (Å²) in [5.41, 5.74) is 7.04. The molecular formula is C16H22N6. The Morgan fingerprint density at radius 1 is 1.32 bits per heavy atom. The lowest BCUT2D eigenvalue weighted by Crippen LogP contribution is -2.41. The van der Waals surface area contributed by atoms with E-state index in [4.69, 9.17) is 5.73 Å². The van der Waals surface area contributed by atoms with Crippen LogP contribution in [-0.4, -0.2) is 26.5 Å². The van der Waals surface area contributed by atoms with E-state index in [2.05, 4.69) is 20.3 Å².